The lowest BCUT2D eigenvalue weighted by Gasteiger charge is -2.42. The molecule has 1 aliphatic carbocycles. The molecule has 9 heteroatoms. The van der Waals surface area contributed by atoms with E-state index in [-0.39, 0.29) is 18.9 Å². The number of hydrogen-bond donors (Lipinski definition) is 1. The Morgan fingerprint density at radius 2 is 2.13 bits per heavy atom. The summed E-state index contributed by atoms with van der Waals surface area (Å²) in [6.07, 6.45) is 4.89. The Morgan fingerprint density at radius 1 is 1.26 bits per heavy atom. The molecule has 0 aliphatic heterocycles. The fraction of sp³-hybridized carbons (Fsp3) is 0.273. The topological polar surface area (TPSA) is 124 Å². The minimum Gasteiger partial charge on any atom is -0.390 e. The molecule has 0 amide bonds. The van der Waals surface area contributed by atoms with Crippen molar-refractivity contribution in [1.82, 2.24) is 24.4 Å². The lowest BCUT2D eigenvalue weighted by molar-refractivity contribution is 0.0713. The van der Waals surface area contributed by atoms with Gasteiger partial charge in [-0.05, 0) is 54.2 Å². The summed E-state index contributed by atoms with van der Waals surface area (Å²) >= 11 is 1.33. The van der Waals surface area contributed by atoms with Crippen LogP contribution in [-0.4, -0.2) is 29.5 Å². The summed E-state index contributed by atoms with van der Waals surface area (Å²) in [5.74, 6) is -0.0665. The Morgan fingerprint density at radius 3 is 2.87 bits per heavy atom. The van der Waals surface area contributed by atoms with Gasteiger partial charge in [-0.1, -0.05) is 6.07 Å². The molecule has 5 rings (SSSR count). The molecule has 0 saturated heterocycles. The number of aromatic nitrogens is 5. The standard InChI is InChI=1S/C22H17N7OS/c23-4-3-22(9-14(10-22)11-24)29-26-12-20(27-29)18-6-15(21-8-16(13-30)28-31-21)7-19-17(18)2-1-5-25-19/h1-2,5-8,12,14,30H,3,9-10,13H2. The van der Waals surface area contributed by atoms with Crippen molar-refractivity contribution in [3.8, 4) is 33.8 Å². The van der Waals surface area contributed by atoms with Gasteiger partial charge in [0.15, 0.2) is 0 Å². The first-order valence-electron chi connectivity index (χ1n) is 9.81. The number of pyridine rings is 1. The molecule has 1 saturated carbocycles. The number of aliphatic hydroxyl groups excluding tert-OH is 1. The highest BCUT2D eigenvalue weighted by atomic mass is 32.1. The maximum Gasteiger partial charge on any atom is 0.113 e. The van der Waals surface area contributed by atoms with Crippen LogP contribution in [0.5, 0.6) is 0 Å². The Hall–Kier alpha value is -3.66. The van der Waals surface area contributed by atoms with E-state index in [0.717, 1.165) is 26.9 Å². The summed E-state index contributed by atoms with van der Waals surface area (Å²) in [6, 6.07) is 14.3. The molecule has 152 valence electrons. The molecule has 3 aromatic heterocycles. The van der Waals surface area contributed by atoms with Crippen LogP contribution < -0.4 is 0 Å². The zero-order chi connectivity index (χ0) is 21.4. The minimum absolute atomic E-state index is 0.0665. The molecular formula is C22H17N7OS. The van der Waals surface area contributed by atoms with E-state index in [1.165, 1.54) is 11.5 Å². The third-order valence-electron chi connectivity index (χ3n) is 5.76. The van der Waals surface area contributed by atoms with Gasteiger partial charge >= 0.3 is 0 Å². The Balaban J connectivity index is 1.61. The van der Waals surface area contributed by atoms with Crippen molar-refractivity contribution in [3.63, 3.8) is 0 Å². The van der Waals surface area contributed by atoms with Crippen molar-refractivity contribution in [2.45, 2.75) is 31.4 Å². The van der Waals surface area contributed by atoms with Crippen molar-refractivity contribution < 1.29 is 5.11 Å². The molecule has 0 unspecified atom stereocenters. The minimum atomic E-state index is -0.521. The van der Waals surface area contributed by atoms with E-state index in [1.807, 2.05) is 30.3 Å². The summed E-state index contributed by atoms with van der Waals surface area (Å²) in [6.45, 7) is -0.103. The Kier molecular flexibility index (Phi) is 4.70. The highest BCUT2D eigenvalue weighted by molar-refractivity contribution is 7.09. The van der Waals surface area contributed by atoms with Crippen LogP contribution in [0.25, 0.3) is 32.6 Å². The molecule has 1 aromatic carbocycles. The van der Waals surface area contributed by atoms with E-state index in [0.29, 0.717) is 24.2 Å². The van der Waals surface area contributed by atoms with Crippen LogP contribution in [0, 0.1) is 28.6 Å². The molecule has 0 bridgehead atoms. The highest BCUT2D eigenvalue weighted by Gasteiger charge is 2.48. The molecule has 0 atom stereocenters. The molecule has 3 heterocycles. The van der Waals surface area contributed by atoms with Crippen molar-refractivity contribution in [3.05, 3.63) is 48.4 Å². The average Bonchev–Trinajstić information content (AvgIpc) is 3.45. The van der Waals surface area contributed by atoms with Gasteiger partial charge in [0.1, 0.15) is 5.69 Å². The quantitative estimate of drug-likeness (QED) is 0.515. The van der Waals surface area contributed by atoms with Crippen LogP contribution in [0.1, 0.15) is 25.0 Å². The van der Waals surface area contributed by atoms with E-state index in [4.69, 9.17) is 5.10 Å². The molecule has 0 radical (unpaired) electrons. The van der Waals surface area contributed by atoms with E-state index >= 15 is 0 Å². The van der Waals surface area contributed by atoms with Gasteiger partial charge in [-0.2, -0.15) is 29.9 Å². The number of nitriles is 2. The van der Waals surface area contributed by atoms with Crippen LogP contribution in [-0.2, 0) is 12.1 Å². The first-order valence-corrected chi connectivity index (χ1v) is 10.6. The predicted octanol–water partition coefficient (Wildman–Crippen LogP) is 3.65. The van der Waals surface area contributed by atoms with Crippen LogP contribution in [0.3, 0.4) is 0 Å². The maximum atomic E-state index is 9.36. The monoisotopic (exact) mass is 427 g/mol. The van der Waals surface area contributed by atoms with Gasteiger partial charge in [0.25, 0.3) is 0 Å². The number of benzene rings is 1. The van der Waals surface area contributed by atoms with Crippen LogP contribution in [0.4, 0.5) is 0 Å². The second-order valence-electron chi connectivity index (χ2n) is 7.75. The normalized spacial score (nSPS) is 20.2. The second-order valence-corrected chi connectivity index (χ2v) is 8.55. The van der Waals surface area contributed by atoms with Gasteiger partial charge in [0.2, 0.25) is 0 Å². The molecule has 31 heavy (non-hydrogen) atoms. The highest BCUT2D eigenvalue weighted by Crippen LogP contribution is 2.45. The molecule has 4 aromatic rings. The first kappa shape index (κ1) is 19.3. The zero-order valence-corrected chi connectivity index (χ0v) is 17.2. The molecule has 0 spiro atoms. The lowest BCUT2D eigenvalue weighted by Crippen LogP contribution is -2.47. The van der Waals surface area contributed by atoms with Gasteiger partial charge in [-0.15, -0.1) is 0 Å². The van der Waals surface area contributed by atoms with Crippen molar-refractivity contribution in [2.75, 3.05) is 0 Å². The molecule has 1 aliphatic rings. The molecule has 8 nitrogen and oxygen atoms in total. The molecule has 1 N–H and O–H groups in total. The fourth-order valence-electron chi connectivity index (χ4n) is 4.15. The van der Waals surface area contributed by atoms with Crippen LogP contribution in [0.2, 0.25) is 0 Å². The van der Waals surface area contributed by atoms with E-state index in [9.17, 15) is 15.6 Å². The van der Waals surface area contributed by atoms with Gasteiger partial charge in [0, 0.05) is 17.1 Å². The number of fused-ring (bicyclic) bond motifs is 1. The van der Waals surface area contributed by atoms with Gasteiger partial charge < -0.3 is 5.11 Å². The van der Waals surface area contributed by atoms with Crippen molar-refractivity contribution in [2.24, 2.45) is 5.92 Å². The maximum absolute atomic E-state index is 9.36. The predicted molar refractivity (Wildman–Crippen MR) is 114 cm³/mol. The lowest BCUT2D eigenvalue weighted by atomic mass is 9.68. The Labute approximate surface area is 182 Å². The van der Waals surface area contributed by atoms with Gasteiger partial charge in [0.05, 0.1) is 58.9 Å². The SMILES string of the molecule is N#CCC1(n2ncc(-c3cc(-c4cc(CO)ns4)cc4ncccc34)n2)CC(C#N)C1. The van der Waals surface area contributed by atoms with E-state index in [2.05, 4.69) is 26.6 Å². The van der Waals surface area contributed by atoms with Crippen molar-refractivity contribution >= 4 is 22.4 Å². The molecule has 1 fully saturated rings. The first-order chi connectivity index (χ1) is 15.2. The zero-order valence-electron chi connectivity index (χ0n) is 16.4. The van der Waals surface area contributed by atoms with Crippen LogP contribution >= 0.6 is 11.5 Å². The van der Waals surface area contributed by atoms with E-state index < -0.39 is 5.54 Å². The summed E-state index contributed by atoms with van der Waals surface area (Å²) < 4.78 is 4.27. The largest absolute Gasteiger partial charge is 0.390 e. The molecular weight excluding hydrogens is 410 g/mol. The third kappa shape index (κ3) is 3.25. The average molecular weight is 427 g/mol. The second kappa shape index (κ2) is 7.55. The summed E-state index contributed by atoms with van der Waals surface area (Å²) in [5.41, 5.74) is 3.44. The van der Waals surface area contributed by atoms with Gasteiger partial charge in [-0.25, -0.2) is 0 Å². The smallest absolute Gasteiger partial charge is 0.113 e. The number of nitrogens with zero attached hydrogens (tertiary/aromatic N) is 7. The van der Waals surface area contributed by atoms with E-state index in [1.54, 1.807) is 17.2 Å². The summed E-state index contributed by atoms with van der Waals surface area (Å²) in [4.78, 5) is 7.06. The number of hydrogen-bond acceptors (Lipinski definition) is 8. The number of aliphatic hydroxyl groups is 1. The third-order valence-corrected chi connectivity index (χ3v) is 6.64. The van der Waals surface area contributed by atoms with Crippen LogP contribution in [0.15, 0.2) is 42.7 Å². The fourth-order valence-corrected chi connectivity index (χ4v) is 4.89. The Bertz CT molecular complexity index is 1350. The van der Waals surface area contributed by atoms with Crippen molar-refractivity contribution in [1.29, 1.82) is 10.5 Å². The summed E-state index contributed by atoms with van der Waals surface area (Å²) in [5, 5.41) is 38.0. The summed E-state index contributed by atoms with van der Waals surface area (Å²) in [7, 11) is 0. The van der Waals surface area contributed by atoms with Gasteiger partial charge in [-0.3, -0.25) is 4.98 Å². The number of rotatable bonds is 5.